The van der Waals surface area contributed by atoms with Gasteiger partial charge in [-0.2, -0.15) is 0 Å². The second-order valence-electron chi connectivity index (χ2n) is 8.82. The van der Waals surface area contributed by atoms with Crippen molar-refractivity contribution in [2.24, 2.45) is 16.6 Å². The molecule has 0 aromatic heterocycles. The van der Waals surface area contributed by atoms with Crippen molar-refractivity contribution < 1.29 is 4.79 Å². The molecule has 1 rings (SSSR count). The molecule has 0 aromatic rings. The summed E-state index contributed by atoms with van der Waals surface area (Å²) in [7, 11) is 1.97. The average Bonchev–Trinajstić information content (AvgIpc) is 3.03. The van der Waals surface area contributed by atoms with Crippen LogP contribution in [-0.4, -0.2) is 62.6 Å². The Kier molecular flexibility index (Phi) is 33.3. The quantitative estimate of drug-likeness (QED) is 0.104. The lowest BCUT2D eigenvalue weighted by Gasteiger charge is -2.23. The molecule has 8 heteroatoms. The molecule has 2 atom stereocenters. The van der Waals surface area contributed by atoms with E-state index >= 15 is 0 Å². The maximum Gasteiger partial charge on any atom is 0.231 e. The molecule has 8 nitrogen and oxygen atoms in total. The minimum Gasteiger partial charge on any atom is -0.405 e. The number of likely N-dealkylation sites (N-methyl/N-ethyl adjacent to an activating group) is 2. The average molecular weight is 596 g/mol. The summed E-state index contributed by atoms with van der Waals surface area (Å²) < 4.78 is 0. The Morgan fingerprint density at radius 2 is 1.93 bits per heavy atom. The minimum absolute atomic E-state index is 0.0152. The van der Waals surface area contributed by atoms with Gasteiger partial charge >= 0.3 is 0 Å². The van der Waals surface area contributed by atoms with Crippen LogP contribution in [0.2, 0.25) is 0 Å². The number of hydrogen-bond donors (Lipinski definition) is 5. The minimum atomic E-state index is -0.173. The fourth-order valence-electron chi connectivity index (χ4n) is 3.19. The fraction of sp³-hybridized carbons (Fsp3) is 0.457. The molecule has 0 heterocycles. The van der Waals surface area contributed by atoms with Gasteiger partial charge in [0.1, 0.15) is 6.17 Å². The number of nitrogens with zero attached hydrogens (tertiary/aromatic N) is 2. The maximum absolute atomic E-state index is 12.8. The van der Waals surface area contributed by atoms with Crippen LogP contribution in [0.1, 0.15) is 61.8 Å². The summed E-state index contributed by atoms with van der Waals surface area (Å²) in [5.74, 6) is -0.188. The van der Waals surface area contributed by atoms with Crippen LogP contribution in [0, 0.1) is 11.3 Å². The van der Waals surface area contributed by atoms with Crippen molar-refractivity contribution in [1.82, 2.24) is 20.9 Å². The molecule has 0 saturated heterocycles. The highest BCUT2D eigenvalue weighted by atomic mass is 16.1. The molecular weight excluding hydrogens is 534 g/mol. The monoisotopic (exact) mass is 595 g/mol. The van der Waals surface area contributed by atoms with Gasteiger partial charge in [-0.05, 0) is 76.9 Å². The molecule has 1 amide bonds. The highest BCUT2D eigenvalue weighted by Crippen LogP contribution is 2.18. The van der Waals surface area contributed by atoms with Crippen LogP contribution in [0.15, 0.2) is 102 Å². The molecule has 0 fully saturated rings. The maximum atomic E-state index is 12.8. The first kappa shape index (κ1) is 43.7. The van der Waals surface area contributed by atoms with Crippen LogP contribution >= 0.6 is 0 Å². The van der Waals surface area contributed by atoms with E-state index in [1.165, 1.54) is 18.0 Å². The Morgan fingerprint density at radius 3 is 2.42 bits per heavy atom. The van der Waals surface area contributed by atoms with E-state index in [0.717, 1.165) is 31.8 Å². The number of nitrogens with two attached hydrogens (primary N) is 1. The normalized spacial score (nSPS) is 15.4. The third-order valence-electron chi connectivity index (χ3n) is 5.36. The first-order valence-electron chi connectivity index (χ1n) is 15.3. The zero-order valence-electron chi connectivity index (χ0n) is 28.4. The number of hydrogen-bond acceptors (Lipinski definition) is 7. The molecule has 0 saturated carbocycles. The summed E-state index contributed by atoms with van der Waals surface area (Å²) in [6, 6.07) is 0. The molecule has 1 aliphatic rings. The van der Waals surface area contributed by atoms with Crippen molar-refractivity contribution in [3.05, 3.63) is 96.6 Å². The summed E-state index contributed by atoms with van der Waals surface area (Å²) >= 11 is 0. The summed E-state index contributed by atoms with van der Waals surface area (Å²) in [5, 5.41) is 15.9. The molecule has 2 unspecified atom stereocenters. The van der Waals surface area contributed by atoms with E-state index in [-0.39, 0.29) is 18.0 Å². The smallest absolute Gasteiger partial charge is 0.231 e. The van der Waals surface area contributed by atoms with Crippen LogP contribution in [0.5, 0.6) is 0 Å². The molecule has 0 aromatic carbocycles. The predicted octanol–water partition coefficient (Wildman–Crippen LogP) is 6.42. The van der Waals surface area contributed by atoms with Crippen molar-refractivity contribution in [3.63, 3.8) is 0 Å². The van der Waals surface area contributed by atoms with Crippen LogP contribution < -0.4 is 21.7 Å². The highest BCUT2D eigenvalue weighted by molar-refractivity contribution is 5.83. The van der Waals surface area contributed by atoms with Crippen LogP contribution in [0.25, 0.3) is 0 Å². The zero-order valence-corrected chi connectivity index (χ0v) is 28.4. The summed E-state index contributed by atoms with van der Waals surface area (Å²) in [4.78, 5) is 19.4. The molecule has 43 heavy (non-hydrogen) atoms. The van der Waals surface area contributed by atoms with E-state index in [1.54, 1.807) is 30.6 Å². The van der Waals surface area contributed by atoms with Gasteiger partial charge in [-0.1, -0.05) is 83.2 Å². The topological polar surface area (TPSA) is 119 Å². The number of carbonyl (C=O) groups is 1. The Labute approximate surface area is 263 Å². The lowest BCUT2D eigenvalue weighted by atomic mass is 9.95. The Morgan fingerprint density at radius 1 is 1.23 bits per heavy atom. The van der Waals surface area contributed by atoms with E-state index < -0.39 is 0 Å². The number of amides is 1. The van der Waals surface area contributed by atoms with Gasteiger partial charge < -0.3 is 27.1 Å². The first-order valence-corrected chi connectivity index (χ1v) is 15.3. The number of nitrogens with one attached hydrogen (secondary N) is 4. The SMILES string of the molecule is C/C=C/C=C(\C=C\NC(C)/N=C\C=C/N)NC(=O)C1C=CC(CN(CC)CCNC)=CC1.C=C(C)/C=C\C=N.CC.CC. The Balaban J connectivity index is -0.00000125. The molecular formula is C35H61N7O. The van der Waals surface area contributed by atoms with Gasteiger partial charge in [0.05, 0.1) is 5.92 Å². The van der Waals surface area contributed by atoms with Crippen LogP contribution in [-0.2, 0) is 4.79 Å². The number of rotatable bonds is 16. The number of allylic oxidation sites excluding steroid dienone is 9. The predicted molar refractivity (Wildman–Crippen MR) is 191 cm³/mol. The van der Waals surface area contributed by atoms with Gasteiger partial charge in [-0.25, -0.2) is 0 Å². The van der Waals surface area contributed by atoms with E-state index in [2.05, 4.69) is 51.5 Å². The van der Waals surface area contributed by atoms with Gasteiger partial charge in [-0.3, -0.25) is 14.7 Å². The number of aliphatic imine (C=N–C) groups is 1. The van der Waals surface area contributed by atoms with Crippen molar-refractivity contribution in [3.8, 4) is 0 Å². The number of carbonyl (C=O) groups excluding carboxylic acids is 1. The second kappa shape index (κ2) is 32.8. The van der Waals surface area contributed by atoms with Gasteiger partial charge in [-0.15, -0.1) is 0 Å². The molecule has 0 radical (unpaired) electrons. The summed E-state index contributed by atoms with van der Waals surface area (Å²) in [6.45, 7) is 23.4. The third-order valence-corrected chi connectivity index (χ3v) is 5.36. The summed E-state index contributed by atoms with van der Waals surface area (Å²) in [6.07, 6.45) is 25.6. The lowest BCUT2D eigenvalue weighted by Crippen LogP contribution is -2.33. The first-order chi connectivity index (χ1) is 20.8. The van der Waals surface area contributed by atoms with Gasteiger partial charge in [0.15, 0.2) is 0 Å². The van der Waals surface area contributed by atoms with Gasteiger partial charge in [0.2, 0.25) is 5.91 Å². The molecule has 0 aliphatic heterocycles. The Hall–Kier alpha value is -3.75. The molecule has 242 valence electrons. The van der Waals surface area contributed by atoms with Gasteiger partial charge in [0, 0.05) is 44.0 Å². The Bertz CT molecular complexity index is 969. The van der Waals surface area contributed by atoms with Gasteiger partial charge in [0.25, 0.3) is 0 Å². The van der Waals surface area contributed by atoms with Crippen LogP contribution in [0.4, 0.5) is 0 Å². The van der Waals surface area contributed by atoms with Crippen LogP contribution in [0.3, 0.4) is 0 Å². The standard InChI is InChI=1S/C25H40N6O.C6H9N.2C2H6/c1-5-7-9-24(14-17-29-21(3)28-16-8-15-26)30-25(32)23-12-10-22(11-13-23)20-31(6-2)19-18-27-4;1-6(2)4-3-5-7;2*1-2/h5,7-12,14-17,21,23,27,29H,6,13,18-20,26H2,1-4H3,(H,30,32);3-5,7H,1H2,2H3;2*1-2H3/b7-5+,15-8-,17-14+,24-9+,28-16-;4-3-,7-5?;;. The summed E-state index contributed by atoms with van der Waals surface area (Å²) in [5.41, 5.74) is 8.24. The van der Waals surface area contributed by atoms with E-state index in [4.69, 9.17) is 11.1 Å². The second-order valence-corrected chi connectivity index (χ2v) is 8.82. The highest BCUT2D eigenvalue weighted by Gasteiger charge is 2.18. The van der Waals surface area contributed by atoms with Crippen molar-refractivity contribution in [2.45, 2.75) is 68.0 Å². The molecule has 0 spiro atoms. The van der Waals surface area contributed by atoms with E-state index in [0.29, 0.717) is 12.1 Å². The van der Waals surface area contributed by atoms with Crippen molar-refractivity contribution >= 4 is 18.3 Å². The zero-order chi connectivity index (χ0) is 33.3. The van der Waals surface area contributed by atoms with Crippen molar-refractivity contribution in [2.75, 3.05) is 33.2 Å². The fourth-order valence-corrected chi connectivity index (χ4v) is 3.19. The van der Waals surface area contributed by atoms with E-state index in [9.17, 15) is 4.79 Å². The molecule has 1 aliphatic carbocycles. The largest absolute Gasteiger partial charge is 0.405 e. The van der Waals surface area contributed by atoms with Crippen molar-refractivity contribution in [1.29, 1.82) is 5.41 Å². The third kappa shape index (κ3) is 26.9. The molecule has 6 N–H and O–H groups in total. The molecule has 0 bridgehead atoms. The van der Waals surface area contributed by atoms with E-state index in [1.807, 2.05) is 85.9 Å². The lowest BCUT2D eigenvalue weighted by molar-refractivity contribution is -0.122.